The fourth-order valence-electron chi connectivity index (χ4n) is 1.51. The molecule has 2 N–H and O–H groups in total. The topological polar surface area (TPSA) is 46.1 Å². The monoisotopic (exact) mass is 179 g/mol. The predicted molar refractivity (Wildman–Crippen MR) is 48.9 cm³/mol. The summed E-state index contributed by atoms with van der Waals surface area (Å²) in [5, 5.41) is 6.03. The van der Waals surface area contributed by atoms with Crippen molar-refractivity contribution in [2.24, 2.45) is 7.05 Å². The molecule has 0 aliphatic carbocycles. The van der Waals surface area contributed by atoms with Gasteiger partial charge in [0.25, 0.3) is 0 Å². The van der Waals surface area contributed by atoms with Crippen LogP contribution in [0.25, 0.3) is 0 Å². The Morgan fingerprint density at radius 1 is 1.54 bits per heavy atom. The Labute approximate surface area is 76.9 Å². The third-order valence-corrected chi connectivity index (χ3v) is 2.28. The Kier molecular flexibility index (Phi) is 1.84. The molecule has 2 rings (SSSR count). The van der Waals surface area contributed by atoms with Gasteiger partial charge in [-0.3, -0.25) is 10.1 Å². The minimum atomic E-state index is -0.0924. The van der Waals surface area contributed by atoms with Crippen LogP contribution in [0.3, 0.4) is 0 Å². The molecule has 0 saturated carbocycles. The highest BCUT2D eigenvalue weighted by Gasteiger charge is 2.28. The molecule has 1 aliphatic rings. The van der Waals surface area contributed by atoms with Gasteiger partial charge in [-0.25, -0.2) is 0 Å². The lowest BCUT2D eigenvalue weighted by atomic mass is 10.3. The quantitative estimate of drug-likeness (QED) is 0.643. The minimum Gasteiger partial charge on any atom is -0.357 e. The van der Waals surface area contributed by atoms with Crippen LogP contribution in [0.1, 0.15) is 18.7 Å². The highest BCUT2D eigenvalue weighted by Crippen LogP contribution is 2.15. The second-order valence-corrected chi connectivity index (χ2v) is 3.44. The second kappa shape index (κ2) is 2.88. The Morgan fingerprint density at radius 2 is 2.31 bits per heavy atom. The lowest BCUT2D eigenvalue weighted by Gasteiger charge is -2.07. The van der Waals surface area contributed by atoms with Crippen LogP contribution in [-0.2, 0) is 11.8 Å². The molecule has 1 aromatic heterocycles. The fraction of sp³-hybridized carbons (Fsp3) is 0.444. The predicted octanol–water partition coefficient (Wildman–Crippen LogP) is 0.132. The summed E-state index contributed by atoms with van der Waals surface area (Å²) in [5.74, 6) is 0.0638. The molecule has 0 bridgehead atoms. The largest absolute Gasteiger partial charge is 0.357 e. The van der Waals surface area contributed by atoms with Gasteiger partial charge in [0.2, 0.25) is 5.91 Å². The number of carbonyl (C=O) groups is 1. The van der Waals surface area contributed by atoms with Crippen molar-refractivity contribution in [1.82, 2.24) is 15.2 Å². The van der Waals surface area contributed by atoms with Gasteiger partial charge in [-0.1, -0.05) is 0 Å². The zero-order valence-corrected chi connectivity index (χ0v) is 7.74. The third-order valence-electron chi connectivity index (χ3n) is 2.28. The molecule has 1 aromatic rings. The van der Waals surface area contributed by atoms with Crippen LogP contribution >= 0.6 is 0 Å². The third kappa shape index (κ3) is 1.45. The molecule has 2 heterocycles. The van der Waals surface area contributed by atoms with Gasteiger partial charge < -0.3 is 9.88 Å². The standard InChI is InChI=1S/C9H13N3O/c1-6-9(13)11-8(10-6)7-3-4-12(2)5-7/h3-6,8,10H,1-2H3,(H,11,13). The van der Waals surface area contributed by atoms with Crippen LogP contribution in [-0.4, -0.2) is 16.5 Å². The second-order valence-electron chi connectivity index (χ2n) is 3.44. The summed E-state index contributed by atoms with van der Waals surface area (Å²) in [4.78, 5) is 11.2. The number of hydrogen-bond acceptors (Lipinski definition) is 2. The molecule has 1 saturated heterocycles. The number of aromatic nitrogens is 1. The van der Waals surface area contributed by atoms with Crippen LogP contribution in [0, 0.1) is 0 Å². The number of rotatable bonds is 1. The van der Waals surface area contributed by atoms with Crippen LogP contribution < -0.4 is 10.6 Å². The number of aryl methyl sites for hydroxylation is 1. The van der Waals surface area contributed by atoms with Crippen molar-refractivity contribution in [3.05, 3.63) is 24.0 Å². The first-order chi connectivity index (χ1) is 6.16. The van der Waals surface area contributed by atoms with E-state index in [0.717, 1.165) is 5.56 Å². The average molecular weight is 179 g/mol. The molecule has 0 aromatic carbocycles. The van der Waals surface area contributed by atoms with Gasteiger partial charge in [-0.2, -0.15) is 0 Å². The van der Waals surface area contributed by atoms with Crippen LogP contribution in [0.2, 0.25) is 0 Å². The maximum Gasteiger partial charge on any atom is 0.238 e. The van der Waals surface area contributed by atoms with Crippen molar-refractivity contribution < 1.29 is 4.79 Å². The van der Waals surface area contributed by atoms with Gasteiger partial charge in [0.1, 0.15) is 6.17 Å². The van der Waals surface area contributed by atoms with Crippen molar-refractivity contribution in [2.75, 3.05) is 0 Å². The van der Waals surface area contributed by atoms with E-state index in [2.05, 4.69) is 10.6 Å². The smallest absolute Gasteiger partial charge is 0.238 e. The zero-order valence-electron chi connectivity index (χ0n) is 7.74. The number of hydrogen-bond donors (Lipinski definition) is 2. The maximum atomic E-state index is 11.2. The summed E-state index contributed by atoms with van der Waals surface area (Å²) < 4.78 is 1.96. The van der Waals surface area contributed by atoms with Crippen molar-refractivity contribution in [2.45, 2.75) is 19.1 Å². The molecule has 2 atom stereocenters. The number of carbonyl (C=O) groups excluding carboxylic acids is 1. The van der Waals surface area contributed by atoms with E-state index in [0.29, 0.717) is 0 Å². The van der Waals surface area contributed by atoms with Crippen molar-refractivity contribution >= 4 is 5.91 Å². The summed E-state index contributed by atoms with van der Waals surface area (Å²) >= 11 is 0. The van der Waals surface area contributed by atoms with E-state index in [1.807, 2.05) is 37.0 Å². The Hall–Kier alpha value is -1.29. The molecule has 4 heteroatoms. The van der Waals surface area contributed by atoms with Crippen LogP contribution in [0.4, 0.5) is 0 Å². The van der Waals surface area contributed by atoms with E-state index in [1.54, 1.807) is 0 Å². The van der Waals surface area contributed by atoms with Gasteiger partial charge >= 0.3 is 0 Å². The Bertz CT molecular complexity index is 331. The van der Waals surface area contributed by atoms with E-state index in [9.17, 15) is 4.79 Å². The summed E-state index contributed by atoms with van der Waals surface area (Å²) in [6, 6.07) is 1.90. The first kappa shape index (κ1) is 8.31. The van der Waals surface area contributed by atoms with Crippen LogP contribution in [0.5, 0.6) is 0 Å². The summed E-state index contributed by atoms with van der Waals surface area (Å²) in [5.41, 5.74) is 1.10. The summed E-state index contributed by atoms with van der Waals surface area (Å²) in [6.07, 6.45) is 3.94. The molecule has 0 radical (unpaired) electrons. The fourth-order valence-corrected chi connectivity index (χ4v) is 1.51. The molecule has 13 heavy (non-hydrogen) atoms. The van der Waals surface area contributed by atoms with Gasteiger partial charge in [0, 0.05) is 25.0 Å². The van der Waals surface area contributed by atoms with Crippen molar-refractivity contribution in [1.29, 1.82) is 0 Å². The van der Waals surface area contributed by atoms with E-state index in [1.165, 1.54) is 0 Å². The first-order valence-corrected chi connectivity index (χ1v) is 4.35. The van der Waals surface area contributed by atoms with E-state index < -0.39 is 0 Å². The normalized spacial score (nSPS) is 27.7. The lowest BCUT2D eigenvalue weighted by molar-refractivity contribution is -0.120. The molecule has 1 fully saturated rings. The minimum absolute atomic E-state index is 0.0244. The highest BCUT2D eigenvalue weighted by atomic mass is 16.2. The SMILES string of the molecule is CC1NC(c2ccn(C)c2)NC1=O. The van der Waals surface area contributed by atoms with E-state index in [-0.39, 0.29) is 18.1 Å². The van der Waals surface area contributed by atoms with Crippen molar-refractivity contribution in [3.63, 3.8) is 0 Å². The molecule has 2 unspecified atom stereocenters. The van der Waals surface area contributed by atoms with E-state index >= 15 is 0 Å². The summed E-state index contributed by atoms with van der Waals surface area (Å²) in [6.45, 7) is 1.86. The Balaban J connectivity index is 2.16. The van der Waals surface area contributed by atoms with Gasteiger partial charge in [-0.05, 0) is 13.0 Å². The first-order valence-electron chi connectivity index (χ1n) is 4.35. The highest BCUT2D eigenvalue weighted by molar-refractivity contribution is 5.83. The molecular formula is C9H13N3O. The number of nitrogens with zero attached hydrogens (tertiary/aromatic N) is 1. The van der Waals surface area contributed by atoms with Gasteiger partial charge in [-0.15, -0.1) is 0 Å². The molecule has 0 spiro atoms. The molecule has 4 nitrogen and oxygen atoms in total. The van der Waals surface area contributed by atoms with E-state index in [4.69, 9.17) is 0 Å². The van der Waals surface area contributed by atoms with Gasteiger partial charge in [0.15, 0.2) is 0 Å². The average Bonchev–Trinajstić information content (AvgIpc) is 2.61. The number of amides is 1. The van der Waals surface area contributed by atoms with Crippen LogP contribution in [0.15, 0.2) is 18.5 Å². The zero-order chi connectivity index (χ0) is 9.42. The molecule has 1 aliphatic heterocycles. The molecular weight excluding hydrogens is 166 g/mol. The maximum absolute atomic E-state index is 11.2. The van der Waals surface area contributed by atoms with Gasteiger partial charge in [0.05, 0.1) is 6.04 Å². The lowest BCUT2D eigenvalue weighted by Crippen LogP contribution is -2.24. The van der Waals surface area contributed by atoms with Crippen molar-refractivity contribution in [3.8, 4) is 0 Å². The number of nitrogens with one attached hydrogen (secondary N) is 2. The summed E-state index contributed by atoms with van der Waals surface area (Å²) in [7, 11) is 1.96. The Morgan fingerprint density at radius 3 is 2.77 bits per heavy atom. The molecule has 1 amide bonds. The molecule has 70 valence electrons.